The molecule has 4 N–H and O–H groups in total. The number of nitrogens with zero attached hydrogens (tertiary/aromatic N) is 2. The second kappa shape index (κ2) is 9.61. The maximum Gasteiger partial charge on any atom is 0.105 e. The third-order valence-corrected chi connectivity index (χ3v) is 3.59. The lowest BCUT2D eigenvalue weighted by atomic mass is 10.0. The smallest absolute Gasteiger partial charge is 0.105 e. The topological polar surface area (TPSA) is 67.2 Å². The maximum absolute atomic E-state index is 5.91. The van der Waals surface area contributed by atoms with E-state index >= 15 is 0 Å². The van der Waals surface area contributed by atoms with E-state index in [-0.39, 0.29) is 0 Å². The molecule has 1 aromatic carbocycles. The molecule has 20 heavy (non-hydrogen) atoms. The minimum absolute atomic E-state index is 0.406. The van der Waals surface area contributed by atoms with Crippen LogP contribution in [0.4, 0.5) is 0 Å². The SMILES string of the molecule is CC.NC1CCN(Cc2ccc(CCN=[NH2+])cc2)CC1. The van der Waals surface area contributed by atoms with Gasteiger partial charge in [0, 0.05) is 12.6 Å². The van der Waals surface area contributed by atoms with Crippen LogP contribution in [0.2, 0.25) is 0 Å². The highest BCUT2D eigenvalue weighted by Gasteiger charge is 2.15. The van der Waals surface area contributed by atoms with Gasteiger partial charge in [-0.3, -0.25) is 4.90 Å². The Kier molecular flexibility index (Phi) is 8.07. The van der Waals surface area contributed by atoms with E-state index in [2.05, 4.69) is 34.3 Å². The van der Waals surface area contributed by atoms with Crippen LogP contribution in [0.3, 0.4) is 0 Å². The molecule has 1 saturated heterocycles. The summed E-state index contributed by atoms with van der Waals surface area (Å²) >= 11 is 0. The molecular formula is C16H29N4+. The first-order valence-electron chi connectivity index (χ1n) is 7.70. The van der Waals surface area contributed by atoms with E-state index in [9.17, 15) is 0 Å². The van der Waals surface area contributed by atoms with Gasteiger partial charge in [0.2, 0.25) is 0 Å². The van der Waals surface area contributed by atoms with Gasteiger partial charge in [-0.15, -0.1) is 0 Å². The van der Waals surface area contributed by atoms with Gasteiger partial charge in [0.25, 0.3) is 0 Å². The predicted octanol–water partition coefficient (Wildman–Crippen LogP) is 1.39. The van der Waals surface area contributed by atoms with Crippen LogP contribution in [-0.4, -0.2) is 30.6 Å². The average molecular weight is 277 g/mol. The van der Waals surface area contributed by atoms with Crippen molar-refractivity contribution in [2.45, 2.75) is 45.7 Å². The second-order valence-corrected chi connectivity index (χ2v) is 5.09. The van der Waals surface area contributed by atoms with Gasteiger partial charge in [-0.05, 0) is 48.6 Å². The first-order valence-corrected chi connectivity index (χ1v) is 7.70. The largest absolute Gasteiger partial charge is 0.328 e. The Morgan fingerprint density at radius 1 is 1.15 bits per heavy atom. The Hall–Kier alpha value is -1.26. The lowest BCUT2D eigenvalue weighted by Gasteiger charge is -2.30. The quantitative estimate of drug-likeness (QED) is 0.799. The van der Waals surface area contributed by atoms with Crippen LogP contribution in [0.5, 0.6) is 0 Å². The number of nitrogens with two attached hydrogens (primary N) is 2. The number of hydrogen-bond acceptors (Lipinski definition) is 3. The summed E-state index contributed by atoms with van der Waals surface area (Å²) in [6.45, 7) is 7.97. The highest BCUT2D eigenvalue weighted by molar-refractivity contribution is 5.22. The molecule has 1 aliphatic heterocycles. The summed E-state index contributed by atoms with van der Waals surface area (Å²) in [5.41, 5.74) is 13.7. The van der Waals surface area contributed by atoms with Gasteiger partial charge in [-0.1, -0.05) is 38.1 Å². The van der Waals surface area contributed by atoms with E-state index in [1.54, 1.807) is 0 Å². The van der Waals surface area contributed by atoms with E-state index in [1.165, 1.54) is 11.1 Å². The number of likely N-dealkylation sites (tertiary alicyclic amines) is 1. The van der Waals surface area contributed by atoms with Crippen LogP contribution < -0.4 is 11.3 Å². The van der Waals surface area contributed by atoms with Crippen molar-refractivity contribution in [1.82, 2.24) is 4.90 Å². The van der Waals surface area contributed by atoms with Crippen molar-refractivity contribution in [3.05, 3.63) is 35.4 Å². The Labute approximate surface area is 122 Å². The number of piperidine rings is 1. The molecule has 112 valence electrons. The van der Waals surface area contributed by atoms with Crippen molar-refractivity contribution in [2.75, 3.05) is 19.6 Å². The van der Waals surface area contributed by atoms with Crippen molar-refractivity contribution in [1.29, 1.82) is 0 Å². The monoisotopic (exact) mass is 277 g/mol. The summed E-state index contributed by atoms with van der Waals surface area (Å²) < 4.78 is 0. The van der Waals surface area contributed by atoms with Crippen LogP contribution in [0, 0.1) is 0 Å². The summed E-state index contributed by atoms with van der Waals surface area (Å²) in [4.78, 5) is 2.48. The molecule has 0 atom stereocenters. The van der Waals surface area contributed by atoms with Gasteiger partial charge in [0.15, 0.2) is 0 Å². The molecule has 0 saturated carbocycles. The second-order valence-electron chi connectivity index (χ2n) is 5.09. The molecule has 0 spiro atoms. The summed E-state index contributed by atoms with van der Waals surface area (Å²) in [5.74, 6) is 0. The zero-order valence-corrected chi connectivity index (χ0v) is 12.9. The zero-order valence-electron chi connectivity index (χ0n) is 12.9. The Morgan fingerprint density at radius 3 is 2.25 bits per heavy atom. The molecule has 0 radical (unpaired) electrons. The molecule has 4 nitrogen and oxygen atoms in total. The Bertz CT molecular complexity index is 367. The maximum atomic E-state index is 5.91. The van der Waals surface area contributed by atoms with Gasteiger partial charge < -0.3 is 5.73 Å². The normalized spacial score (nSPS) is 16.4. The van der Waals surface area contributed by atoms with E-state index in [4.69, 9.17) is 11.3 Å². The van der Waals surface area contributed by atoms with Crippen molar-refractivity contribution in [3.63, 3.8) is 0 Å². The van der Waals surface area contributed by atoms with Gasteiger partial charge in [-0.2, -0.15) is 5.53 Å². The Balaban J connectivity index is 0.000000956. The zero-order chi connectivity index (χ0) is 14.8. The van der Waals surface area contributed by atoms with Crippen molar-refractivity contribution >= 4 is 0 Å². The fraction of sp³-hybridized carbons (Fsp3) is 0.625. The number of hydrogen-bond donors (Lipinski definition) is 2. The lowest BCUT2D eigenvalue weighted by molar-refractivity contribution is -0.221. The standard InChI is InChI=1S/C14H22N4.C2H6/c15-14-6-9-18(10-7-14)11-13-3-1-12(2-4-13)5-8-17-16;1-2/h1-4,14,16H,5-11,15H2;1-2H3/p+1. The summed E-state index contributed by atoms with van der Waals surface area (Å²) in [7, 11) is 0. The van der Waals surface area contributed by atoms with Crippen LogP contribution in [-0.2, 0) is 13.0 Å². The first-order chi connectivity index (χ1) is 9.78. The fourth-order valence-corrected chi connectivity index (χ4v) is 2.37. The molecule has 1 fully saturated rings. The third-order valence-electron chi connectivity index (χ3n) is 3.59. The van der Waals surface area contributed by atoms with E-state index in [1.807, 2.05) is 13.8 Å². The highest BCUT2D eigenvalue weighted by Crippen LogP contribution is 2.13. The van der Waals surface area contributed by atoms with Gasteiger partial charge in [-0.25, -0.2) is 0 Å². The van der Waals surface area contributed by atoms with Gasteiger partial charge in [0.1, 0.15) is 6.54 Å². The van der Waals surface area contributed by atoms with Crippen LogP contribution in [0.1, 0.15) is 37.8 Å². The van der Waals surface area contributed by atoms with Crippen molar-refractivity contribution in [2.24, 2.45) is 10.8 Å². The molecule has 1 aromatic rings. The molecule has 0 unspecified atom stereocenters. The van der Waals surface area contributed by atoms with Crippen molar-refractivity contribution < 1.29 is 5.53 Å². The fourth-order valence-electron chi connectivity index (χ4n) is 2.37. The summed E-state index contributed by atoms with van der Waals surface area (Å²) in [5, 5.41) is 3.63. The molecule has 1 aliphatic rings. The third kappa shape index (κ3) is 5.80. The van der Waals surface area contributed by atoms with Crippen LogP contribution in [0.25, 0.3) is 0 Å². The molecular weight excluding hydrogens is 248 g/mol. The summed E-state index contributed by atoms with van der Waals surface area (Å²) in [6, 6.07) is 9.18. The minimum atomic E-state index is 0.406. The minimum Gasteiger partial charge on any atom is -0.328 e. The number of rotatable bonds is 5. The average Bonchev–Trinajstić information content (AvgIpc) is 2.51. The molecule has 0 bridgehead atoms. The lowest BCUT2D eigenvalue weighted by Crippen LogP contribution is -2.39. The van der Waals surface area contributed by atoms with Gasteiger partial charge >= 0.3 is 0 Å². The van der Waals surface area contributed by atoms with E-state index in [0.717, 1.165) is 38.9 Å². The first kappa shape index (κ1) is 16.8. The summed E-state index contributed by atoms with van der Waals surface area (Å²) in [6.07, 6.45) is 3.17. The van der Waals surface area contributed by atoms with Crippen LogP contribution in [0.15, 0.2) is 29.4 Å². The predicted molar refractivity (Wildman–Crippen MR) is 83.2 cm³/mol. The van der Waals surface area contributed by atoms with Crippen molar-refractivity contribution in [3.8, 4) is 0 Å². The molecule has 2 rings (SSSR count). The van der Waals surface area contributed by atoms with Gasteiger partial charge in [0.05, 0.1) is 0 Å². The Morgan fingerprint density at radius 2 is 1.70 bits per heavy atom. The molecule has 0 aromatic heterocycles. The highest BCUT2D eigenvalue weighted by atomic mass is 15.1. The van der Waals surface area contributed by atoms with Crippen LogP contribution >= 0.6 is 0 Å². The van der Waals surface area contributed by atoms with E-state index in [0.29, 0.717) is 12.6 Å². The molecule has 0 aliphatic carbocycles. The van der Waals surface area contributed by atoms with E-state index < -0.39 is 0 Å². The molecule has 1 heterocycles. The molecule has 0 amide bonds. The number of benzene rings is 1. The molecule has 4 heteroatoms.